The summed E-state index contributed by atoms with van der Waals surface area (Å²) >= 11 is 0. The van der Waals surface area contributed by atoms with Crippen molar-refractivity contribution >= 4 is 0 Å². The van der Waals surface area contributed by atoms with Crippen LogP contribution in [0.1, 0.15) is 17.5 Å². The first-order chi connectivity index (χ1) is 9.23. The van der Waals surface area contributed by atoms with Gasteiger partial charge >= 0.3 is 0 Å². The zero-order valence-electron chi connectivity index (χ0n) is 11.5. The lowest BCUT2D eigenvalue weighted by Crippen LogP contribution is -2.49. The van der Waals surface area contributed by atoms with E-state index >= 15 is 0 Å². The van der Waals surface area contributed by atoms with Crippen LogP contribution in [0.3, 0.4) is 0 Å². The van der Waals surface area contributed by atoms with Crippen molar-refractivity contribution in [3.8, 4) is 11.8 Å². The van der Waals surface area contributed by atoms with E-state index in [-0.39, 0.29) is 0 Å². The minimum Gasteiger partial charge on any atom is -0.497 e. The monoisotopic (exact) mass is 260 g/mol. The lowest BCUT2D eigenvalue weighted by molar-refractivity contribution is 0.188. The van der Waals surface area contributed by atoms with Gasteiger partial charge in [-0.1, -0.05) is 6.07 Å². The molecule has 0 aromatic heterocycles. The molecule has 102 valence electrons. The zero-order chi connectivity index (χ0) is 13.7. The normalized spacial score (nSPS) is 21.5. The number of hydrogen-bond donors (Lipinski definition) is 1. The Labute approximate surface area is 114 Å². The molecular weight excluding hydrogens is 240 g/mol. The second-order valence-electron chi connectivity index (χ2n) is 4.92. The highest BCUT2D eigenvalue weighted by Gasteiger charge is 2.34. The fourth-order valence-electron chi connectivity index (χ4n) is 2.58. The average Bonchev–Trinajstić information content (AvgIpc) is 2.46. The summed E-state index contributed by atoms with van der Waals surface area (Å²) < 4.78 is 10.3. The smallest absolute Gasteiger partial charge is 0.119 e. The molecule has 1 unspecified atom stereocenters. The summed E-state index contributed by atoms with van der Waals surface area (Å²) in [6, 6.07) is 8.57. The van der Waals surface area contributed by atoms with E-state index in [0.717, 1.165) is 25.0 Å². The third-order valence-corrected chi connectivity index (χ3v) is 3.71. The summed E-state index contributed by atoms with van der Waals surface area (Å²) in [6.45, 7) is 1.32. The molecule has 1 N–H and O–H groups in total. The Morgan fingerprint density at radius 3 is 2.89 bits per heavy atom. The summed E-state index contributed by atoms with van der Waals surface area (Å²) in [5.74, 6) is 0.851. The number of hydrogen-bond acceptors (Lipinski definition) is 4. The highest BCUT2D eigenvalue weighted by Crippen LogP contribution is 2.30. The van der Waals surface area contributed by atoms with Gasteiger partial charge in [0.25, 0.3) is 0 Å². The maximum atomic E-state index is 9.51. The number of nitrogens with zero attached hydrogens (tertiary/aromatic N) is 1. The fourth-order valence-corrected chi connectivity index (χ4v) is 2.58. The highest BCUT2D eigenvalue weighted by molar-refractivity contribution is 5.40. The molecular formula is C15H20N2O2. The highest BCUT2D eigenvalue weighted by atomic mass is 16.5. The third-order valence-electron chi connectivity index (χ3n) is 3.71. The SMILES string of the molecule is COCCNC1(C#N)CCc2ccc(OC)cc2C1. The molecule has 1 atom stereocenters. The van der Waals surface area contributed by atoms with Crippen LogP contribution in [0.4, 0.5) is 0 Å². The molecule has 0 saturated carbocycles. The van der Waals surface area contributed by atoms with Crippen LogP contribution in [0, 0.1) is 11.3 Å². The number of aryl methyl sites for hydroxylation is 1. The largest absolute Gasteiger partial charge is 0.497 e. The van der Waals surface area contributed by atoms with Crippen LogP contribution < -0.4 is 10.1 Å². The van der Waals surface area contributed by atoms with E-state index in [1.54, 1.807) is 14.2 Å². The van der Waals surface area contributed by atoms with Gasteiger partial charge in [0.15, 0.2) is 0 Å². The van der Waals surface area contributed by atoms with E-state index in [4.69, 9.17) is 9.47 Å². The van der Waals surface area contributed by atoms with Crippen molar-refractivity contribution < 1.29 is 9.47 Å². The molecule has 1 aliphatic carbocycles. The molecule has 1 aliphatic rings. The topological polar surface area (TPSA) is 54.3 Å². The Hall–Kier alpha value is -1.57. The summed E-state index contributed by atoms with van der Waals surface area (Å²) in [4.78, 5) is 0. The van der Waals surface area contributed by atoms with Gasteiger partial charge in [0.05, 0.1) is 19.8 Å². The first-order valence-electron chi connectivity index (χ1n) is 6.54. The van der Waals surface area contributed by atoms with Crippen LogP contribution in [0.5, 0.6) is 5.75 Å². The van der Waals surface area contributed by atoms with Crippen LogP contribution in [0.25, 0.3) is 0 Å². The van der Waals surface area contributed by atoms with Crippen LogP contribution >= 0.6 is 0 Å². The van der Waals surface area contributed by atoms with Crippen LogP contribution in [-0.2, 0) is 17.6 Å². The fraction of sp³-hybridized carbons (Fsp3) is 0.533. The Balaban J connectivity index is 2.16. The molecule has 1 aromatic rings. The maximum Gasteiger partial charge on any atom is 0.119 e. The number of ether oxygens (including phenoxy) is 2. The van der Waals surface area contributed by atoms with Crippen LogP contribution in [0.2, 0.25) is 0 Å². The lowest BCUT2D eigenvalue weighted by atomic mass is 9.78. The van der Waals surface area contributed by atoms with Crippen molar-refractivity contribution in [1.29, 1.82) is 5.26 Å². The summed E-state index contributed by atoms with van der Waals surface area (Å²) in [5, 5.41) is 12.8. The van der Waals surface area contributed by atoms with Gasteiger partial charge in [-0.2, -0.15) is 5.26 Å². The van der Waals surface area contributed by atoms with Crippen molar-refractivity contribution in [2.75, 3.05) is 27.4 Å². The first kappa shape index (κ1) is 13.9. The number of benzene rings is 1. The predicted molar refractivity (Wildman–Crippen MR) is 73.2 cm³/mol. The van der Waals surface area contributed by atoms with Crippen LogP contribution in [-0.4, -0.2) is 32.9 Å². The molecule has 0 spiro atoms. The number of methoxy groups -OCH3 is 2. The average molecular weight is 260 g/mol. The molecule has 19 heavy (non-hydrogen) atoms. The third kappa shape index (κ3) is 3.06. The van der Waals surface area contributed by atoms with Gasteiger partial charge < -0.3 is 9.47 Å². The second kappa shape index (κ2) is 6.05. The Kier molecular flexibility index (Phi) is 4.41. The lowest BCUT2D eigenvalue weighted by Gasteiger charge is -2.33. The molecule has 4 nitrogen and oxygen atoms in total. The molecule has 0 saturated heterocycles. The molecule has 4 heteroatoms. The molecule has 2 rings (SSSR count). The van der Waals surface area contributed by atoms with E-state index in [2.05, 4.69) is 17.5 Å². The van der Waals surface area contributed by atoms with Gasteiger partial charge in [0.2, 0.25) is 0 Å². The van der Waals surface area contributed by atoms with E-state index in [9.17, 15) is 5.26 Å². The van der Waals surface area contributed by atoms with E-state index in [1.807, 2.05) is 12.1 Å². The molecule has 0 aliphatic heterocycles. The minimum atomic E-state index is -0.474. The van der Waals surface area contributed by atoms with Gasteiger partial charge in [-0.05, 0) is 36.1 Å². The Morgan fingerprint density at radius 1 is 1.37 bits per heavy atom. The Morgan fingerprint density at radius 2 is 2.21 bits per heavy atom. The number of nitrogens with one attached hydrogen (secondary N) is 1. The second-order valence-corrected chi connectivity index (χ2v) is 4.92. The Bertz CT molecular complexity index is 482. The number of nitriles is 1. The van der Waals surface area contributed by atoms with E-state index < -0.39 is 5.54 Å². The maximum absolute atomic E-state index is 9.51. The minimum absolute atomic E-state index is 0.474. The zero-order valence-corrected chi connectivity index (χ0v) is 11.5. The van der Waals surface area contributed by atoms with Crippen molar-refractivity contribution in [3.05, 3.63) is 29.3 Å². The summed E-state index contributed by atoms with van der Waals surface area (Å²) in [6.07, 6.45) is 2.49. The van der Waals surface area contributed by atoms with Gasteiger partial charge in [-0.15, -0.1) is 0 Å². The quantitative estimate of drug-likeness (QED) is 0.818. The number of rotatable bonds is 5. The molecule has 0 heterocycles. The summed E-state index contributed by atoms with van der Waals surface area (Å²) in [7, 11) is 3.33. The molecule has 0 radical (unpaired) electrons. The van der Waals surface area contributed by atoms with Crippen molar-refractivity contribution in [3.63, 3.8) is 0 Å². The van der Waals surface area contributed by atoms with E-state index in [1.165, 1.54) is 11.1 Å². The van der Waals surface area contributed by atoms with Gasteiger partial charge in [-0.25, -0.2) is 0 Å². The summed E-state index contributed by atoms with van der Waals surface area (Å²) in [5.41, 5.74) is 2.05. The number of fused-ring (bicyclic) bond motifs is 1. The van der Waals surface area contributed by atoms with Gasteiger partial charge in [0, 0.05) is 20.1 Å². The van der Waals surface area contributed by atoms with Gasteiger partial charge in [0.1, 0.15) is 11.3 Å². The molecule has 1 aromatic carbocycles. The first-order valence-corrected chi connectivity index (χ1v) is 6.54. The molecule has 0 fully saturated rings. The van der Waals surface area contributed by atoms with Gasteiger partial charge in [-0.3, -0.25) is 5.32 Å². The van der Waals surface area contributed by atoms with Crippen LogP contribution in [0.15, 0.2) is 18.2 Å². The van der Waals surface area contributed by atoms with E-state index in [0.29, 0.717) is 13.2 Å². The van der Waals surface area contributed by atoms with Crippen molar-refractivity contribution in [2.24, 2.45) is 0 Å². The van der Waals surface area contributed by atoms with Crippen molar-refractivity contribution in [1.82, 2.24) is 5.32 Å². The standard InChI is InChI=1S/C15H20N2O2/c1-18-8-7-17-15(11-16)6-5-12-3-4-14(19-2)9-13(12)10-15/h3-4,9,17H,5-8,10H2,1-2H3. The molecule has 0 bridgehead atoms. The predicted octanol–water partition coefficient (Wildman–Crippen LogP) is 1.68. The molecule has 0 amide bonds. The van der Waals surface area contributed by atoms with Crippen molar-refractivity contribution in [2.45, 2.75) is 24.8 Å².